The Morgan fingerprint density at radius 2 is 1.95 bits per heavy atom. The normalized spacial score (nSPS) is 11.7. The lowest BCUT2D eigenvalue weighted by atomic mass is 10.4. The molecule has 3 rings (SSSR count). The predicted molar refractivity (Wildman–Crippen MR) is 75.9 cm³/mol. The monoisotopic (exact) mass is 324 g/mol. The van der Waals surface area contributed by atoms with Crippen LogP contribution in [0.4, 0.5) is 0 Å². The van der Waals surface area contributed by atoms with Gasteiger partial charge in [0.1, 0.15) is 17.6 Å². The fraction of sp³-hybridized carbons (Fsp3) is 0.0833. The van der Waals surface area contributed by atoms with Crippen LogP contribution in [-0.4, -0.2) is 34.5 Å². The third-order valence-corrected chi connectivity index (χ3v) is 4.98. The van der Waals surface area contributed by atoms with Gasteiger partial charge in [0, 0.05) is 0 Å². The Bertz CT molecular complexity index is 923. The number of benzene rings is 1. The number of halogens is 1. The maximum atomic E-state index is 12.7. The van der Waals surface area contributed by atoms with Crippen LogP contribution >= 0.6 is 11.6 Å². The zero-order valence-electron chi connectivity index (χ0n) is 10.8. The molecule has 2 heterocycles. The SMILES string of the molecule is COc1ncnc2c1ncn2S(=O)(=O)c1ccccc1Cl. The molecule has 0 N–H and O–H groups in total. The van der Waals surface area contributed by atoms with Gasteiger partial charge in [-0.05, 0) is 12.1 Å². The summed E-state index contributed by atoms with van der Waals surface area (Å²) in [6.07, 6.45) is 2.36. The molecule has 0 bridgehead atoms. The van der Waals surface area contributed by atoms with Gasteiger partial charge >= 0.3 is 0 Å². The second kappa shape index (κ2) is 4.97. The van der Waals surface area contributed by atoms with Gasteiger partial charge < -0.3 is 4.74 Å². The van der Waals surface area contributed by atoms with Crippen molar-refractivity contribution < 1.29 is 13.2 Å². The molecule has 0 aliphatic rings. The molecular weight excluding hydrogens is 316 g/mol. The van der Waals surface area contributed by atoms with Gasteiger partial charge in [-0.1, -0.05) is 23.7 Å². The first-order valence-electron chi connectivity index (χ1n) is 5.78. The van der Waals surface area contributed by atoms with Crippen LogP contribution in [0.3, 0.4) is 0 Å². The van der Waals surface area contributed by atoms with Gasteiger partial charge in [-0.25, -0.2) is 22.4 Å². The van der Waals surface area contributed by atoms with Gasteiger partial charge in [-0.3, -0.25) is 0 Å². The molecule has 0 radical (unpaired) electrons. The predicted octanol–water partition coefficient (Wildman–Crippen LogP) is 1.73. The van der Waals surface area contributed by atoms with E-state index in [-0.39, 0.29) is 27.0 Å². The van der Waals surface area contributed by atoms with E-state index in [0.717, 1.165) is 10.3 Å². The van der Waals surface area contributed by atoms with Crippen molar-refractivity contribution in [3.05, 3.63) is 41.9 Å². The van der Waals surface area contributed by atoms with Crippen LogP contribution in [0.1, 0.15) is 0 Å². The van der Waals surface area contributed by atoms with Crippen LogP contribution in [0.5, 0.6) is 5.88 Å². The molecule has 9 heteroatoms. The molecule has 108 valence electrons. The van der Waals surface area contributed by atoms with Crippen molar-refractivity contribution in [2.45, 2.75) is 4.90 Å². The Morgan fingerprint density at radius 1 is 1.19 bits per heavy atom. The third-order valence-electron chi connectivity index (χ3n) is 2.84. The minimum Gasteiger partial charge on any atom is -0.479 e. The van der Waals surface area contributed by atoms with Crippen LogP contribution in [-0.2, 0) is 10.0 Å². The van der Waals surface area contributed by atoms with Gasteiger partial charge in [-0.15, -0.1) is 0 Å². The van der Waals surface area contributed by atoms with Gasteiger partial charge in [0.25, 0.3) is 10.0 Å². The van der Waals surface area contributed by atoms with E-state index in [1.807, 2.05) is 0 Å². The zero-order valence-corrected chi connectivity index (χ0v) is 12.3. The Kier molecular flexibility index (Phi) is 3.26. The highest BCUT2D eigenvalue weighted by Crippen LogP contribution is 2.26. The lowest BCUT2D eigenvalue weighted by molar-refractivity contribution is 0.401. The number of fused-ring (bicyclic) bond motifs is 1. The molecule has 0 saturated heterocycles. The number of imidazole rings is 1. The average Bonchev–Trinajstić information content (AvgIpc) is 2.92. The Balaban J connectivity index is 2.28. The number of rotatable bonds is 3. The minimum absolute atomic E-state index is 0.0245. The lowest BCUT2D eigenvalue weighted by Gasteiger charge is -2.07. The van der Waals surface area contributed by atoms with Crippen LogP contribution in [0.15, 0.2) is 41.8 Å². The van der Waals surface area contributed by atoms with Crippen molar-refractivity contribution in [1.82, 2.24) is 18.9 Å². The van der Waals surface area contributed by atoms with Gasteiger partial charge in [-0.2, -0.15) is 4.98 Å². The van der Waals surface area contributed by atoms with Gasteiger partial charge in [0.2, 0.25) is 5.88 Å². The highest BCUT2D eigenvalue weighted by molar-refractivity contribution is 7.90. The van der Waals surface area contributed by atoms with E-state index in [1.54, 1.807) is 12.1 Å². The van der Waals surface area contributed by atoms with Crippen molar-refractivity contribution in [3.8, 4) is 5.88 Å². The maximum absolute atomic E-state index is 12.7. The number of methoxy groups -OCH3 is 1. The summed E-state index contributed by atoms with van der Waals surface area (Å²) in [6, 6.07) is 6.16. The van der Waals surface area contributed by atoms with Crippen molar-refractivity contribution in [2.75, 3.05) is 7.11 Å². The molecule has 0 fully saturated rings. The summed E-state index contributed by atoms with van der Waals surface area (Å²) in [5.41, 5.74) is 0.386. The van der Waals surface area contributed by atoms with Crippen LogP contribution < -0.4 is 4.74 Å². The van der Waals surface area contributed by atoms with Crippen LogP contribution in [0.2, 0.25) is 5.02 Å². The molecule has 1 aromatic carbocycles. The number of ether oxygens (including phenoxy) is 1. The quantitative estimate of drug-likeness (QED) is 0.729. The molecule has 0 atom stereocenters. The topological polar surface area (TPSA) is 87.0 Å². The maximum Gasteiger partial charge on any atom is 0.272 e. The first kappa shape index (κ1) is 13.8. The smallest absolute Gasteiger partial charge is 0.272 e. The summed E-state index contributed by atoms with van der Waals surface area (Å²) in [6.45, 7) is 0. The van der Waals surface area contributed by atoms with Crippen LogP contribution in [0, 0.1) is 0 Å². The number of hydrogen-bond donors (Lipinski definition) is 0. The highest BCUT2D eigenvalue weighted by atomic mass is 35.5. The molecule has 0 unspecified atom stereocenters. The number of nitrogens with zero attached hydrogens (tertiary/aromatic N) is 4. The molecule has 0 saturated carbocycles. The average molecular weight is 325 g/mol. The third kappa shape index (κ3) is 2.12. The van der Waals surface area contributed by atoms with Gasteiger partial charge in [0.05, 0.1) is 12.1 Å². The van der Waals surface area contributed by atoms with E-state index in [4.69, 9.17) is 16.3 Å². The second-order valence-corrected chi connectivity index (χ2v) is 6.22. The van der Waals surface area contributed by atoms with E-state index in [9.17, 15) is 8.42 Å². The standard InChI is InChI=1S/C12H9ClN4O3S/c1-20-12-10-11(14-6-15-12)17(7-16-10)21(18,19)9-5-3-2-4-8(9)13/h2-7H,1H3. The summed E-state index contributed by atoms with van der Waals surface area (Å²) >= 11 is 5.97. The summed E-state index contributed by atoms with van der Waals surface area (Å²) in [5, 5.41) is 0.125. The highest BCUT2D eigenvalue weighted by Gasteiger charge is 2.24. The first-order chi connectivity index (χ1) is 10.1. The molecule has 0 aliphatic carbocycles. The van der Waals surface area contributed by atoms with Crippen molar-refractivity contribution in [2.24, 2.45) is 0 Å². The molecule has 21 heavy (non-hydrogen) atoms. The van der Waals surface area contributed by atoms with E-state index in [1.165, 1.54) is 25.6 Å². The fourth-order valence-electron chi connectivity index (χ4n) is 1.88. The van der Waals surface area contributed by atoms with Gasteiger partial charge in [0.15, 0.2) is 11.2 Å². The molecule has 7 nitrogen and oxygen atoms in total. The number of hydrogen-bond acceptors (Lipinski definition) is 6. The fourth-order valence-corrected chi connectivity index (χ4v) is 3.62. The number of aromatic nitrogens is 4. The first-order valence-corrected chi connectivity index (χ1v) is 7.59. The van der Waals surface area contributed by atoms with Crippen LogP contribution in [0.25, 0.3) is 11.2 Å². The summed E-state index contributed by atoms with van der Waals surface area (Å²) in [7, 11) is -2.48. The molecule has 0 spiro atoms. The lowest BCUT2D eigenvalue weighted by Crippen LogP contribution is -2.13. The largest absolute Gasteiger partial charge is 0.479 e. The molecule has 2 aromatic heterocycles. The van der Waals surface area contributed by atoms with E-state index < -0.39 is 10.0 Å². The van der Waals surface area contributed by atoms with E-state index in [0.29, 0.717) is 0 Å². The minimum atomic E-state index is -3.90. The molecule has 3 aromatic rings. The Morgan fingerprint density at radius 3 is 2.67 bits per heavy atom. The Hall–Kier alpha value is -2.19. The van der Waals surface area contributed by atoms with E-state index >= 15 is 0 Å². The summed E-state index contributed by atoms with van der Waals surface area (Å²) in [4.78, 5) is 11.8. The zero-order chi connectivity index (χ0) is 15.0. The van der Waals surface area contributed by atoms with Crippen molar-refractivity contribution in [3.63, 3.8) is 0 Å². The van der Waals surface area contributed by atoms with E-state index in [2.05, 4.69) is 15.0 Å². The van der Waals surface area contributed by atoms with Crippen molar-refractivity contribution in [1.29, 1.82) is 0 Å². The summed E-state index contributed by atoms with van der Waals surface area (Å²) < 4.78 is 31.3. The second-order valence-electron chi connectivity index (χ2n) is 4.03. The Labute approximate surface area is 125 Å². The molecular formula is C12H9ClN4O3S. The molecule has 0 amide bonds. The van der Waals surface area contributed by atoms with Crippen molar-refractivity contribution >= 4 is 32.8 Å². The molecule has 0 aliphatic heterocycles. The summed E-state index contributed by atoms with van der Waals surface area (Å²) in [5.74, 6) is 0.202.